The van der Waals surface area contributed by atoms with Crippen LogP contribution in [0.5, 0.6) is 0 Å². The highest BCUT2D eigenvalue weighted by Gasteiger charge is 2.38. The fraction of sp³-hybridized carbons (Fsp3) is 0.385. The Morgan fingerprint density at radius 1 is 1.56 bits per heavy atom. The molecule has 0 saturated heterocycles. The summed E-state index contributed by atoms with van der Waals surface area (Å²) in [5.41, 5.74) is 1.68. The third-order valence-corrected chi connectivity index (χ3v) is 3.58. The summed E-state index contributed by atoms with van der Waals surface area (Å²) in [5.74, 6) is 0.874. The lowest BCUT2D eigenvalue weighted by atomic mass is 10.3. The minimum atomic E-state index is 0.137. The van der Waals surface area contributed by atoms with Crippen molar-refractivity contribution in [3.05, 3.63) is 35.2 Å². The quantitative estimate of drug-likeness (QED) is 0.923. The van der Waals surface area contributed by atoms with Crippen LogP contribution in [0.2, 0.25) is 5.02 Å². The van der Waals surface area contributed by atoms with E-state index in [2.05, 4.69) is 17.2 Å². The van der Waals surface area contributed by atoms with Crippen LogP contribution in [0.25, 0.3) is 5.65 Å². The van der Waals surface area contributed by atoms with Crippen LogP contribution in [0, 0.1) is 11.8 Å². The number of aromatic nitrogens is 2. The summed E-state index contributed by atoms with van der Waals surface area (Å²) < 4.78 is 1.86. The Hall–Kier alpha value is -1.55. The van der Waals surface area contributed by atoms with Gasteiger partial charge in [-0.2, -0.15) is 0 Å². The van der Waals surface area contributed by atoms with E-state index in [4.69, 9.17) is 11.6 Å². The van der Waals surface area contributed by atoms with Crippen LogP contribution in [0.3, 0.4) is 0 Å². The lowest BCUT2D eigenvalue weighted by Gasteiger charge is -2.00. The van der Waals surface area contributed by atoms with Gasteiger partial charge in [0.15, 0.2) is 0 Å². The molecule has 2 aromatic rings. The zero-order valence-electron chi connectivity index (χ0n) is 10.1. The maximum absolute atomic E-state index is 11.7. The molecule has 18 heavy (non-hydrogen) atoms. The van der Waals surface area contributed by atoms with Gasteiger partial charge >= 0.3 is 0 Å². The second-order valence-corrected chi connectivity index (χ2v) is 5.32. The van der Waals surface area contributed by atoms with Crippen LogP contribution in [0.1, 0.15) is 19.0 Å². The smallest absolute Gasteiger partial charge is 0.223 e. The Labute approximate surface area is 110 Å². The van der Waals surface area contributed by atoms with Crippen molar-refractivity contribution in [2.45, 2.75) is 19.9 Å². The highest BCUT2D eigenvalue weighted by atomic mass is 35.5. The molecule has 1 N–H and O–H groups in total. The largest absolute Gasteiger partial charge is 0.350 e. The molecule has 1 saturated carbocycles. The van der Waals surface area contributed by atoms with E-state index in [1.807, 2.05) is 16.7 Å². The van der Waals surface area contributed by atoms with Crippen molar-refractivity contribution in [1.29, 1.82) is 0 Å². The number of nitrogens with one attached hydrogen (secondary N) is 1. The topological polar surface area (TPSA) is 46.4 Å². The van der Waals surface area contributed by atoms with Gasteiger partial charge in [0.2, 0.25) is 5.91 Å². The first-order valence-electron chi connectivity index (χ1n) is 6.04. The van der Waals surface area contributed by atoms with Crippen LogP contribution in [0.15, 0.2) is 24.5 Å². The van der Waals surface area contributed by atoms with Gasteiger partial charge in [-0.25, -0.2) is 4.98 Å². The maximum atomic E-state index is 11.7. The number of nitrogens with zero attached hydrogens (tertiary/aromatic N) is 2. The summed E-state index contributed by atoms with van der Waals surface area (Å²) in [6, 6.07) is 3.66. The normalized spacial score (nSPS) is 22.1. The average molecular weight is 264 g/mol. The van der Waals surface area contributed by atoms with E-state index in [1.54, 1.807) is 12.3 Å². The fourth-order valence-corrected chi connectivity index (χ4v) is 2.27. The minimum Gasteiger partial charge on any atom is -0.350 e. The second kappa shape index (κ2) is 4.28. The first-order valence-corrected chi connectivity index (χ1v) is 6.42. The number of carbonyl (C=O) groups excluding carboxylic acids is 1. The molecule has 2 heterocycles. The third-order valence-electron chi connectivity index (χ3n) is 3.35. The fourth-order valence-electron chi connectivity index (χ4n) is 2.10. The van der Waals surface area contributed by atoms with Gasteiger partial charge in [-0.15, -0.1) is 0 Å². The highest BCUT2D eigenvalue weighted by Crippen LogP contribution is 2.37. The van der Waals surface area contributed by atoms with Gasteiger partial charge in [-0.1, -0.05) is 18.5 Å². The second-order valence-electron chi connectivity index (χ2n) is 4.88. The standard InChI is InChI=1S/C13H14ClN3O/c1-8-4-11(8)13(18)15-5-10-7-17-6-9(14)2-3-12(17)16-10/h2-3,6-8,11H,4-5H2,1H3,(H,15,18)/t8-,11+/m1/s1. The Morgan fingerprint density at radius 3 is 3.06 bits per heavy atom. The zero-order valence-corrected chi connectivity index (χ0v) is 10.8. The minimum absolute atomic E-state index is 0.137. The van der Waals surface area contributed by atoms with E-state index in [9.17, 15) is 4.79 Å². The van der Waals surface area contributed by atoms with Crippen LogP contribution in [-0.2, 0) is 11.3 Å². The van der Waals surface area contributed by atoms with Gasteiger partial charge in [-0.05, 0) is 24.5 Å². The number of carbonyl (C=O) groups is 1. The molecular weight excluding hydrogens is 250 g/mol. The van der Waals surface area contributed by atoms with Gasteiger partial charge in [0.25, 0.3) is 0 Å². The van der Waals surface area contributed by atoms with Crippen LogP contribution in [0.4, 0.5) is 0 Å². The summed E-state index contributed by atoms with van der Waals surface area (Å²) in [6.45, 7) is 2.57. The number of pyridine rings is 1. The number of halogens is 1. The van der Waals surface area contributed by atoms with Crippen LogP contribution in [-0.4, -0.2) is 15.3 Å². The summed E-state index contributed by atoms with van der Waals surface area (Å²) in [4.78, 5) is 16.1. The zero-order chi connectivity index (χ0) is 12.7. The monoisotopic (exact) mass is 263 g/mol. The van der Waals surface area contributed by atoms with E-state index < -0.39 is 0 Å². The molecule has 0 aliphatic heterocycles. The summed E-state index contributed by atoms with van der Waals surface area (Å²) in [5, 5.41) is 3.59. The lowest BCUT2D eigenvalue weighted by molar-refractivity contribution is -0.122. The molecule has 0 spiro atoms. The van der Waals surface area contributed by atoms with E-state index >= 15 is 0 Å². The molecule has 0 bridgehead atoms. The van der Waals surface area contributed by atoms with Crippen molar-refractivity contribution in [3.8, 4) is 0 Å². The average Bonchev–Trinajstić information content (AvgIpc) is 2.92. The Balaban J connectivity index is 1.69. The molecule has 94 valence electrons. The summed E-state index contributed by atoms with van der Waals surface area (Å²) in [7, 11) is 0. The number of amides is 1. The predicted molar refractivity (Wildman–Crippen MR) is 69.3 cm³/mol. The molecular formula is C13H14ClN3O. The maximum Gasteiger partial charge on any atom is 0.223 e. The molecule has 0 unspecified atom stereocenters. The number of hydrogen-bond acceptors (Lipinski definition) is 2. The van der Waals surface area contributed by atoms with E-state index in [-0.39, 0.29) is 11.8 Å². The first kappa shape index (κ1) is 11.5. The predicted octanol–water partition coefficient (Wildman–Crippen LogP) is 2.26. The summed E-state index contributed by atoms with van der Waals surface area (Å²) in [6.07, 6.45) is 4.70. The number of hydrogen-bond donors (Lipinski definition) is 1. The Kier molecular flexibility index (Phi) is 2.74. The van der Waals surface area contributed by atoms with E-state index in [1.165, 1.54) is 0 Å². The van der Waals surface area contributed by atoms with Gasteiger partial charge < -0.3 is 9.72 Å². The van der Waals surface area contributed by atoms with Crippen molar-refractivity contribution in [3.63, 3.8) is 0 Å². The molecule has 0 radical (unpaired) electrons. The molecule has 4 nitrogen and oxygen atoms in total. The van der Waals surface area contributed by atoms with E-state index in [0.29, 0.717) is 17.5 Å². The SMILES string of the molecule is C[C@@H]1C[C@@H]1C(=O)NCc1cn2cc(Cl)ccc2n1. The molecule has 1 aliphatic rings. The molecule has 2 atom stereocenters. The molecule has 2 aromatic heterocycles. The molecule has 1 fully saturated rings. The lowest BCUT2D eigenvalue weighted by Crippen LogP contribution is -2.24. The number of fused-ring (bicyclic) bond motifs is 1. The van der Waals surface area contributed by atoms with Gasteiger partial charge in [0.1, 0.15) is 5.65 Å². The molecule has 1 amide bonds. The van der Waals surface area contributed by atoms with E-state index in [0.717, 1.165) is 17.8 Å². The van der Waals surface area contributed by atoms with Gasteiger partial charge in [-0.3, -0.25) is 4.79 Å². The van der Waals surface area contributed by atoms with Crippen molar-refractivity contribution in [1.82, 2.24) is 14.7 Å². The first-order chi connectivity index (χ1) is 8.63. The van der Waals surface area contributed by atoms with Crippen molar-refractivity contribution in [2.75, 3.05) is 0 Å². The van der Waals surface area contributed by atoms with Crippen LogP contribution < -0.4 is 5.32 Å². The van der Waals surface area contributed by atoms with Gasteiger partial charge in [0.05, 0.1) is 17.3 Å². The molecule has 1 aliphatic carbocycles. The third kappa shape index (κ3) is 2.20. The molecule has 5 heteroatoms. The highest BCUT2D eigenvalue weighted by molar-refractivity contribution is 6.30. The Morgan fingerprint density at radius 2 is 2.33 bits per heavy atom. The van der Waals surface area contributed by atoms with Crippen molar-refractivity contribution < 1.29 is 4.79 Å². The van der Waals surface area contributed by atoms with Crippen LogP contribution >= 0.6 is 11.6 Å². The van der Waals surface area contributed by atoms with Gasteiger partial charge in [0, 0.05) is 18.3 Å². The Bertz CT molecular complexity index is 607. The van der Waals surface area contributed by atoms with Crippen molar-refractivity contribution in [2.24, 2.45) is 11.8 Å². The summed E-state index contributed by atoms with van der Waals surface area (Å²) >= 11 is 5.90. The number of imidazole rings is 1. The molecule has 3 rings (SSSR count). The molecule has 0 aromatic carbocycles. The van der Waals surface area contributed by atoms with Crippen molar-refractivity contribution >= 4 is 23.2 Å². The number of rotatable bonds is 3.